The van der Waals surface area contributed by atoms with E-state index < -0.39 is 9.84 Å². The number of hydrogen-bond donors (Lipinski definition) is 1. The van der Waals surface area contributed by atoms with Gasteiger partial charge in [-0.05, 0) is 24.6 Å². The molecule has 0 fully saturated rings. The Morgan fingerprint density at radius 2 is 2.00 bits per heavy atom. The molecule has 5 nitrogen and oxygen atoms in total. The fourth-order valence-corrected chi connectivity index (χ4v) is 4.43. The van der Waals surface area contributed by atoms with Gasteiger partial charge in [-0.15, -0.1) is 0 Å². The van der Waals surface area contributed by atoms with Gasteiger partial charge in [0, 0.05) is 12.7 Å². The number of halogens is 2. The molecule has 0 aliphatic carbocycles. The van der Waals surface area contributed by atoms with Crippen molar-refractivity contribution in [2.24, 2.45) is 7.05 Å². The lowest BCUT2D eigenvalue weighted by Gasteiger charge is -2.08. The van der Waals surface area contributed by atoms with Crippen LogP contribution in [0.25, 0.3) is 0 Å². The Bertz CT molecular complexity index is 785. The predicted octanol–water partition coefficient (Wildman–Crippen LogP) is 2.85. The minimum Gasteiger partial charge on any atom is -0.399 e. The molecule has 0 spiro atoms. The average molecular weight is 348 g/mol. The summed E-state index contributed by atoms with van der Waals surface area (Å²) in [4.78, 5) is -0.000480. The van der Waals surface area contributed by atoms with Crippen LogP contribution in [0.3, 0.4) is 0 Å². The van der Waals surface area contributed by atoms with Gasteiger partial charge in [-0.2, -0.15) is 5.10 Å². The second-order valence-corrected chi connectivity index (χ2v) is 7.38. The summed E-state index contributed by atoms with van der Waals surface area (Å²) in [7, 11) is -2.00. The Morgan fingerprint density at radius 1 is 1.33 bits per heavy atom. The number of nitrogen functional groups attached to an aromatic ring is 1. The topological polar surface area (TPSA) is 78.0 Å². The number of sulfone groups is 1. The van der Waals surface area contributed by atoms with E-state index in [-0.39, 0.29) is 15.7 Å². The van der Waals surface area contributed by atoms with Crippen LogP contribution in [0, 0.1) is 0 Å². The molecule has 8 heteroatoms. The largest absolute Gasteiger partial charge is 0.399 e. The fourth-order valence-electron chi connectivity index (χ4n) is 1.99. The van der Waals surface area contributed by atoms with Crippen molar-refractivity contribution >= 4 is 38.7 Å². The molecule has 114 valence electrons. The minimum absolute atomic E-state index is 0.000480. The normalized spacial score (nSPS) is 11.8. The Kier molecular flexibility index (Phi) is 4.51. The summed E-state index contributed by atoms with van der Waals surface area (Å²) in [5.41, 5.74) is 7.08. The van der Waals surface area contributed by atoms with Gasteiger partial charge in [0.2, 0.25) is 0 Å². The van der Waals surface area contributed by atoms with E-state index in [1.807, 2.05) is 6.92 Å². The molecule has 0 amide bonds. The molecule has 0 aliphatic heterocycles. The molecule has 21 heavy (non-hydrogen) atoms. The Labute approximate surface area is 133 Å². The molecule has 0 aliphatic rings. The average Bonchev–Trinajstić information content (AvgIpc) is 2.68. The van der Waals surface area contributed by atoms with E-state index in [1.54, 1.807) is 13.1 Å². The number of anilines is 1. The highest BCUT2D eigenvalue weighted by Gasteiger charge is 2.24. The first kappa shape index (κ1) is 16.1. The number of hydrogen-bond acceptors (Lipinski definition) is 4. The van der Waals surface area contributed by atoms with Crippen LogP contribution in [0.15, 0.2) is 23.1 Å². The van der Waals surface area contributed by atoms with Crippen LogP contribution in [-0.2, 0) is 29.1 Å². The van der Waals surface area contributed by atoms with Crippen molar-refractivity contribution in [2.45, 2.75) is 24.0 Å². The van der Waals surface area contributed by atoms with Crippen molar-refractivity contribution in [3.8, 4) is 0 Å². The number of benzene rings is 1. The van der Waals surface area contributed by atoms with E-state index in [4.69, 9.17) is 28.9 Å². The van der Waals surface area contributed by atoms with Crippen molar-refractivity contribution in [2.75, 3.05) is 5.73 Å². The molecule has 0 atom stereocenters. The fraction of sp³-hybridized carbons (Fsp3) is 0.308. The molecular weight excluding hydrogens is 333 g/mol. The van der Waals surface area contributed by atoms with Crippen molar-refractivity contribution in [1.29, 1.82) is 0 Å². The van der Waals surface area contributed by atoms with E-state index in [9.17, 15) is 8.42 Å². The molecule has 0 bridgehead atoms. The highest BCUT2D eigenvalue weighted by atomic mass is 35.5. The van der Waals surface area contributed by atoms with Crippen molar-refractivity contribution in [3.05, 3.63) is 39.6 Å². The molecule has 0 unspecified atom stereocenters. The quantitative estimate of drug-likeness (QED) is 0.862. The van der Waals surface area contributed by atoms with Crippen LogP contribution in [0.5, 0.6) is 0 Å². The maximum Gasteiger partial charge on any atom is 0.185 e. The van der Waals surface area contributed by atoms with Gasteiger partial charge < -0.3 is 5.73 Å². The first-order chi connectivity index (χ1) is 9.76. The molecule has 2 rings (SSSR count). The lowest BCUT2D eigenvalue weighted by molar-refractivity contribution is 0.591. The molecule has 0 radical (unpaired) electrons. The maximum absolute atomic E-state index is 12.5. The van der Waals surface area contributed by atoms with E-state index in [0.29, 0.717) is 28.5 Å². The van der Waals surface area contributed by atoms with Gasteiger partial charge in [0.05, 0.1) is 32.1 Å². The van der Waals surface area contributed by atoms with Crippen molar-refractivity contribution in [1.82, 2.24) is 9.78 Å². The SMILES string of the molecule is CCc1nn(C)c(CS(=O)(=O)c2cc(N)ccc2Cl)c1Cl. The van der Waals surface area contributed by atoms with E-state index in [1.165, 1.54) is 16.8 Å². The van der Waals surface area contributed by atoms with Crippen LogP contribution in [0.1, 0.15) is 18.3 Å². The second kappa shape index (κ2) is 5.87. The van der Waals surface area contributed by atoms with Crippen molar-refractivity contribution in [3.63, 3.8) is 0 Å². The zero-order chi connectivity index (χ0) is 15.8. The first-order valence-electron chi connectivity index (χ1n) is 6.24. The van der Waals surface area contributed by atoms with Gasteiger partial charge in [0.25, 0.3) is 0 Å². The number of nitrogens with two attached hydrogens (primary N) is 1. The molecule has 2 aromatic rings. The smallest absolute Gasteiger partial charge is 0.185 e. The molecule has 0 saturated carbocycles. The molecule has 1 heterocycles. The summed E-state index contributed by atoms with van der Waals surface area (Å²) < 4.78 is 26.6. The Hall–Kier alpha value is -1.24. The lowest BCUT2D eigenvalue weighted by Crippen LogP contribution is -2.10. The van der Waals surface area contributed by atoms with E-state index in [2.05, 4.69) is 5.10 Å². The monoisotopic (exact) mass is 347 g/mol. The highest BCUT2D eigenvalue weighted by molar-refractivity contribution is 7.90. The van der Waals surface area contributed by atoms with Crippen LogP contribution in [0.2, 0.25) is 10.0 Å². The van der Waals surface area contributed by atoms with E-state index in [0.717, 1.165) is 0 Å². The zero-order valence-corrected chi connectivity index (χ0v) is 13.9. The zero-order valence-electron chi connectivity index (χ0n) is 11.6. The van der Waals surface area contributed by atoms with Gasteiger partial charge in [0.1, 0.15) is 0 Å². The third-order valence-corrected chi connectivity index (χ3v) is 5.66. The van der Waals surface area contributed by atoms with Crippen LogP contribution < -0.4 is 5.73 Å². The molecule has 1 aromatic heterocycles. The van der Waals surface area contributed by atoms with E-state index >= 15 is 0 Å². The van der Waals surface area contributed by atoms with Gasteiger partial charge in [0.15, 0.2) is 9.84 Å². The number of aromatic nitrogens is 2. The summed E-state index contributed by atoms with van der Waals surface area (Å²) in [5, 5.41) is 4.72. The second-order valence-electron chi connectivity index (χ2n) is 4.63. The minimum atomic E-state index is -3.66. The summed E-state index contributed by atoms with van der Waals surface area (Å²) in [5.74, 6) is -0.279. The van der Waals surface area contributed by atoms with Gasteiger partial charge in [-0.1, -0.05) is 30.1 Å². The molecular formula is C13H15Cl2N3O2S. The Morgan fingerprint density at radius 3 is 2.57 bits per heavy atom. The molecule has 0 saturated heterocycles. The van der Waals surface area contributed by atoms with Gasteiger partial charge in [-0.3, -0.25) is 4.68 Å². The predicted molar refractivity (Wildman–Crippen MR) is 84.4 cm³/mol. The van der Waals surface area contributed by atoms with Crippen LogP contribution in [0.4, 0.5) is 5.69 Å². The standard InChI is InChI=1S/C13H15Cl2N3O2S/c1-3-10-13(15)11(18(2)17-10)7-21(19,20)12-6-8(16)4-5-9(12)14/h4-6H,3,7,16H2,1-2H3. The van der Waals surface area contributed by atoms with Crippen LogP contribution in [-0.4, -0.2) is 18.2 Å². The van der Waals surface area contributed by atoms with Crippen molar-refractivity contribution < 1.29 is 8.42 Å². The first-order valence-corrected chi connectivity index (χ1v) is 8.65. The third-order valence-electron chi connectivity index (χ3n) is 3.12. The summed E-state index contributed by atoms with van der Waals surface area (Å²) in [6, 6.07) is 4.36. The maximum atomic E-state index is 12.5. The molecule has 1 aromatic carbocycles. The summed E-state index contributed by atoms with van der Waals surface area (Å²) in [6.45, 7) is 1.90. The number of aryl methyl sites for hydroxylation is 2. The highest BCUT2D eigenvalue weighted by Crippen LogP contribution is 2.29. The third kappa shape index (κ3) is 3.17. The lowest BCUT2D eigenvalue weighted by atomic mass is 10.3. The van der Waals surface area contributed by atoms with Crippen LogP contribution >= 0.6 is 23.2 Å². The summed E-state index contributed by atoms with van der Waals surface area (Å²) >= 11 is 12.2. The molecule has 2 N–H and O–H groups in total. The Balaban J connectivity index is 2.47. The van der Waals surface area contributed by atoms with Gasteiger partial charge in [-0.25, -0.2) is 8.42 Å². The number of rotatable bonds is 4. The van der Waals surface area contributed by atoms with Gasteiger partial charge >= 0.3 is 0 Å². The summed E-state index contributed by atoms with van der Waals surface area (Å²) in [6.07, 6.45) is 0.631. The number of nitrogens with zero attached hydrogens (tertiary/aromatic N) is 2.